The van der Waals surface area contributed by atoms with Crippen molar-refractivity contribution in [3.63, 3.8) is 0 Å². The lowest BCUT2D eigenvalue weighted by molar-refractivity contribution is -0.112. The summed E-state index contributed by atoms with van der Waals surface area (Å²) in [4.78, 5) is 12.9. The fourth-order valence-corrected chi connectivity index (χ4v) is 3.62. The van der Waals surface area contributed by atoms with E-state index in [-0.39, 0.29) is 18.0 Å². The molecule has 0 radical (unpaired) electrons. The second-order valence-corrected chi connectivity index (χ2v) is 8.74. The summed E-state index contributed by atoms with van der Waals surface area (Å²) in [6.07, 6.45) is 1.45. The predicted molar refractivity (Wildman–Crippen MR) is 148 cm³/mol. The Morgan fingerprint density at radius 3 is 2.13 bits per heavy atom. The van der Waals surface area contributed by atoms with Crippen molar-refractivity contribution >= 4 is 17.7 Å². The van der Waals surface area contributed by atoms with Crippen LogP contribution in [0.3, 0.4) is 0 Å². The van der Waals surface area contributed by atoms with Gasteiger partial charge in [-0.05, 0) is 72.7 Å². The molecule has 0 aromatic heterocycles. The quantitative estimate of drug-likeness (QED) is 0.182. The highest BCUT2D eigenvalue weighted by Gasteiger charge is 2.13. The standard InChI is InChI=1S/C32H27FN2O4/c1-22-3-5-23(6-4-22)20-38-29-15-12-28(13-16-29)35-32(36)26(19-34)17-25-9-14-30(37-2)18-31(25)39-21-24-7-10-27(33)11-8-24/h3-18H,20-21H2,1-2H3,(H,35,36)/b26-17+. The highest BCUT2D eigenvalue weighted by molar-refractivity contribution is 6.09. The second kappa shape index (κ2) is 12.9. The molecule has 39 heavy (non-hydrogen) atoms. The lowest BCUT2D eigenvalue weighted by Crippen LogP contribution is -2.13. The number of rotatable bonds is 10. The van der Waals surface area contributed by atoms with Gasteiger partial charge in [0.1, 0.15) is 47.9 Å². The van der Waals surface area contributed by atoms with Crippen LogP contribution >= 0.6 is 0 Å². The summed E-state index contributed by atoms with van der Waals surface area (Å²) in [5.74, 6) is 0.720. The van der Waals surface area contributed by atoms with Crippen molar-refractivity contribution in [1.82, 2.24) is 0 Å². The highest BCUT2D eigenvalue weighted by atomic mass is 19.1. The Hall–Kier alpha value is -5.09. The maximum absolute atomic E-state index is 13.2. The lowest BCUT2D eigenvalue weighted by Gasteiger charge is -2.12. The van der Waals surface area contributed by atoms with E-state index in [1.165, 1.54) is 30.9 Å². The van der Waals surface area contributed by atoms with Crippen LogP contribution in [0.1, 0.15) is 22.3 Å². The van der Waals surface area contributed by atoms with E-state index in [2.05, 4.69) is 5.32 Å². The predicted octanol–water partition coefficient (Wildman–Crippen LogP) is 6.85. The van der Waals surface area contributed by atoms with Gasteiger partial charge in [-0.15, -0.1) is 0 Å². The van der Waals surface area contributed by atoms with Gasteiger partial charge in [0.15, 0.2) is 0 Å². The molecule has 0 unspecified atom stereocenters. The molecule has 0 spiro atoms. The monoisotopic (exact) mass is 522 g/mol. The van der Waals surface area contributed by atoms with E-state index in [1.807, 2.05) is 37.3 Å². The number of anilines is 1. The maximum atomic E-state index is 13.2. The first kappa shape index (κ1) is 27.0. The van der Waals surface area contributed by atoms with Crippen LogP contribution in [-0.4, -0.2) is 13.0 Å². The van der Waals surface area contributed by atoms with Crippen LogP contribution in [0.4, 0.5) is 10.1 Å². The molecule has 0 aliphatic carbocycles. The van der Waals surface area contributed by atoms with E-state index in [0.717, 1.165) is 11.1 Å². The number of hydrogen-bond donors (Lipinski definition) is 1. The summed E-state index contributed by atoms with van der Waals surface area (Å²) in [5.41, 5.74) is 3.94. The molecule has 0 atom stereocenters. The number of aryl methyl sites for hydroxylation is 1. The van der Waals surface area contributed by atoms with Gasteiger partial charge in [-0.1, -0.05) is 42.0 Å². The average molecular weight is 523 g/mol. The number of carbonyl (C=O) groups excluding carboxylic acids is 1. The van der Waals surface area contributed by atoms with E-state index < -0.39 is 5.91 Å². The Kier molecular flexibility index (Phi) is 8.94. The molecule has 4 aromatic carbocycles. The molecule has 1 N–H and O–H groups in total. The van der Waals surface area contributed by atoms with Gasteiger partial charge in [0, 0.05) is 17.3 Å². The number of benzene rings is 4. The third-order valence-corrected chi connectivity index (χ3v) is 5.83. The van der Waals surface area contributed by atoms with Crippen LogP contribution < -0.4 is 19.5 Å². The zero-order chi connectivity index (χ0) is 27.6. The minimum Gasteiger partial charge on any atom is -0.497 e. The Morgan fingerprint density at radius 1 is 0.872 bits per heavy atom. The van der Waals surface area contributed by atoms with Gasteiger partial charge in [0.05, 0.1) is 7.11 Å². The van der Waals surface area contributed by atoms with Crippen LogP contribution in [0.25, 0.3) is 6.08 Å². The molecule has 4 rings (SSSR count). The van der Waals surface area contributed by atoms with Crippen LogP contribution in [0.15, 0.2) is 96.6 Å². The number of nitriles is 1. The molecule has 0 heterocycles. The average Bonchev–Trinajstić information content (AvgIpc) is 2.96. The fraction of sp³-hybridized carbons (Fsp3) is 0.125. The SMILES string of the molecule is COc1ccc(/C=C(\C#N)C(=O)Nc2ccc(OCc3ccc(C)cc3)cc2)c(OCc2ccc(F)cc2)c1. The van der Waals surface area contributed by atoms with E-state index in [1.54, 1.807) is 54.6 Å². The van der Waals surface area contributed by atoms with Crippen LogP contribution in [0, 0.1) is 24.1 Å². The molecule has 1 amide bonds. The number of amides is 1. The van der Waals surface area contributed by atoms with Gasteiger partial charge < -0.3 is 19.5 Å². The molecular weight excluding hydrogens is 495 g/mol. The number of nitrogens with one attached hydrogen (secondary N) is 1. The van der Waals surface area contributed by atoms with E-state index in [9.17, 15) is 14.4 Å². The van der Waals surface area contributed by atoms with Crippen molar-refractivity contribution in [2.75, 3.05) is 12.4 Å². The zero-order valence-corrected chi connectivity index (χ0v) is 21.6. The Labute approximate surface area is 226 Å². The summed E-state index contributed by atoms with van der Waals surface area (Å²) >= 11 is 0. The number of methoxy groups -OCH3 is 1. The molecular formula is C32H27FN2O4. The fourth-order valence-electron chi connectivity index (χ4n) is 3.62. The van der Waals surface area contributed by atoms with Gasteiger partial charge >= 0.3 is 0 Å². The molecule has 0 saturated carbocycles. The van der Waals surface area contributed by atoms with Crippen LogP contribution in [-0.2, 0) is 18.0 Å². The summed E-state index contributed by atoms with van der Waals surface area (Å²) < 4.78 is 30.2. The summed E-state index contributed by atoms with van der Waals surface area (Å²) in [6, 6.07) is 28.0. The molecule has 7 heteroatoms. The lowest BCUT2D eigenvalue weighted by atomic mass is 10.1. The first-order chi connectivity index (χ1) is 18.9. The Morgan fingerprint density at radius 2 is 1.49 bits per heavy atom. The Balaban J connectivity index is 1.43. The van der Waals surface area contributed by atoms with E-state index >= 15 is 0 Å². The molecule has 0 aliphatic heterocycles. The third kappa shape index (κ3) is 7.70. The molecule has 4 aromatic rings. The zero-order valence-electron chi connectivity index (χ0n) is 21.6. The number of carbonyl (C=O) groups is 1. The molecule has 6 nitrogen and oxygen atoms in total. The van der Waals surface area contributed by atoms with E-state index in [0.29, 0.717) is 35.1 Å². The first-order valence-corrected chi connectivity index (χ1v) is 12.2. The normalized spacial score (nSPS) is 10.9. The third-order valence-electron chi connectivity index (χ3n) is 5.83. The van der Waals surface area contributed by atoms with Crippen molar-refractivity contribution < 1.29 is 23.4 Å². The number of halogens is 1. The van der Waals surface area contributed by atoms with Crippen molar-refractivity contribution in [1.29, 1.82) is 5.26 Å². The van der Waals surface area contributed by atoms with Crippen LogP contribution in [0.2, 0.25) is 0 Å². The largest absolute Gasteiger partial charge is 0.497 e. The minimum atomic E-state index is -0.564. The van der Waals surface area contributed by atoms with Crippen molar-refractivity contribution in [2.24, 2.45) is 0 Å². The summed E-state index contributed by atoms with van der Waals surface area (Å²) in [5, 5.41) is 12.4. The summed E-state index contributed by atoms with van der Waals surface area (Å²) in [7, 11) is 1.53. The van der Waals surface area contributed by atoms with Gasteiger partial charge in [-0.25, -0.2) is 4.39 Å². The molecule has 196 valence electrons. The second-order valence-electron chi connectivity index (χ2n) is 8.74. The molecule has 0 bridgehead atoms. The smallest absolute Gasteiger partial charge is 0.266 e. The van der Waals surface area contributed by atoms with Crippen molar-refractivity contribution in [3.05, 3.63) is 125 Å². The number of nitrogens with zero attached hydrogens (tertiary/aromatic N) is 1. The first-order valence-electron chi connectivity index (χ1n) is 12.2. The molecule has 0 aliphatic rings. The van der Waals surface area contributed by atoms with E-state index in [4.69, 9.17) is 14.2 Å². The topological polar surface area (TPSA) is 80.6 Å². The molecule has 0 saturated heterocycles. The Bertz CT molecular complexity index is 1490. The summed E-state index contributed by atoms with van der Waals surface area (Å²) in [6.45, 7) is 2.63. The van der Waals surface area contributed by atoms with Crippen molar-refractivity contribution in [2.45, 2.75) is 20.1 Å². The van der Waals surface area contributed by atoms with Gasteiger partial charge in [0.2, 0.25) is 0 Å². The highest BCUT2D eigenvalue weighted by Crippen LogP contribution is 2.28. The maximum Gasteiger partial charge on any atom is 0.266 e. The molecule has 0 fully saturated rings. The van der Waals surface area contributed by atoms with Crippen molar-refractivity contribution in [3.8, 4) is 23.3 Å². The number of ether oxygens (including phenoxy) is 3. The van der Waals surface area contributed by atoms with Crippen LogP contribution in [0.5, 0.6) is 17.2 Å². The number of hydrogen-bond acceptors (Lipinski definition) is 5. The van der Waals surface area contributed by atoms with Gasteiger partial charge in [-0.2, -0.15) is 5.26 Å². The minimum absolute atomic E-state index is 0.105. The van der Waals surface area contributed by atoms with Gasteiger partial charge in [0.25, 0.3) is 5.91 Å². The van der Waals surface area contributed by atoms with Gasteiger partial charge in [-0.3, -0.25) is 4.79 Å².